The topological polar surface area (TPSA) is 80.6 Å². The Hall–Kier alpha value is -2.26. The zero-order valence-electron chi connectivity index (χ0n) is 15.7. The first-order valence-corrected chi connectivity index (χ1v) is 9.71. The number of hydrogen-bond donors (Lipinski definition) is 0. The summed E-state index contributed by atoms with van der Waals surface area (Å²) in [7, 11) is 3.44. The summed E-state index contributed by atoms with van der Waals surface area (Å²) in [5.41, 5.74) is -0.174. The molecule has 4 heterocycles. The molecule has 2 aromatic heterocycles. The lowest BCUT2D eigenvalue weighted by Crippen LogP contribution is -2.61. The molecule has 9 heteroatoms. The molecule has 0 aliphatic carbocycles. The van der Waals surface area contributed by atoms with Gasteiger partial charge in [0.05, 0.1) is 4.88 Å². The summed E-state index contributed by atoms with van der Waals surface area (Å²) >= 11 is 1.52. The third kappa shape index (κ3) is 3.04. The van der Waals surface area contributed by atoms with Gasteiger partial charge >= 0.3 is 0 Å². The summed E-state index contributed by atoms with van der Waals surface area (Å²) in [4.78, 5) is 30.8. The van der Waals surface area contributed by atoms with Crippen molar-refractivity contribution in [1.82, 2.24) is 24.6 Å². The van der Waals surface area contributed by atoms with Gasteiger partial charge in [-0.2, -0.15) is 0 Å². The van der Waals surface area contributed by atoms with Crippen LogP contribution in [0.3, 0.4) is 0 Å². The molecule has 0 aromatic carbocycles. The van der Waals surface area contributed by atoms with Crippen LogP contribution in [0.15, 0.2) is 18.5 Å². The second-order valence-corrected chi connectivity index (χ2v) is 8.78. The summed E-state index contributed by atoms with van der Waals surface area (Å²) in [6.45, 7) is 4.50. The molecule has 2 aromatic rings. The minimum absolute atomic E-state index is 0.0276. The highest BCUT2D eigenvalue weighted by atomic mass is 32.1. The Morgan fingerprint density at radius 2 is 2.04 bits per heavy atom. The van der Waals surface area contributed by atoms with Crippen molar-refractivity contribution in [2.45, 2.75) is 12.8 Å². The molecule has 2 aliphatic rings. The van der Waals surface area contributed by atoms with Gasteiger partial charge in [-0.05, 0) is 19.1 Å². The first-order chi connectivity index (χ1) is 12.9. The highest BCUT2D eigenvalue weighted by Crippen LogP contribution is 2.49. The van der Waals surface area contributed by atoms with E-state index >= 15 is 0 Å². The zero-order valence-corrected chi connectivity index (χ0v) is 16.5. The second kappa shape index (κ2) is 6.72. The number of methoxy groups -OCH3 is 1. The quantitative estimate of drug-likeness (QED) is 0.776. The molecule has 2 amide bonds. The molecule has 27 heavy (non-hydrogen) atoms. The third-order valence-corrected chi connectivity index (χ3v) is 6.57. The van der Waals surface area contributed by atoms with Crippen molar-refractivity contribution in [3.05, 3.63) is 34.0 Å². The number of hydrogen-bond acceptors (Lipinski definition) is 6. The molecule has 2 aliphatic heterocycles. The van der Waals surface area contributed by atoms with Crippen LogP contribution in [-0.2, 0) is 16.6 Å². The van der Waals surface area contributed by atoms with Gasteiger partial charge in [0.1, 0.15) is 18.8 Å². The number of ether oxygens (including phenoxy) is 1. The van der Waals surface area contributed by atoms with E-state index in [9.17, 15) is 9.59 Å². The van der Waals surface area contributed by atoms with Gasteiger partial charge in [0.2, 0.25) is 5.91 Å². The molecule has 4 rings (SSSR count). The number of rotatable bonds is 4. The normalized spacial score (nSPS) is 20.9. The maximum Gasteiger partial charge on any atom is 0.263 e. The summed E-state index contributed by atoms with van der Waals surface area (Å²) < 4.78 is 6.92. The van der Waals surface area contributed by atoms with Crippen molar-refractivity contribution in [2.75, 3.05) is 39.9 Å². The van der Waals surface area contributed by atoms with Crippen molar-refractivity contribution in [3.63, 3.8) is 0 Å². The SMILES string of the molecule is COCC(=O)N1CC(c2nncn2C)C2(C1)CN(C(=O)c1ccc(C)s1)C2. The van der Waals surface area contributed by atoms with Gasteiger partial charge in [-0.3, -0.25) is 9.59 Å². The van der Waals surface area contributed by atoms with E-state index < -0.39 is 0 Å². The third-order valence-electron chi connectivity index (χ3n) is 5.58. The lowest BCUT2D eigenvalue weighted by Gasteiger charge is -2.50. The second-order valence-electron chi connectivity index (χ2n) is 7.49. The molecule has 2 fully saturated rings. The Labute approximate surface area is 161 Å². The maximum absolute atomic E-state index is 12.8. The van der Waals surface area contributed by atoms with E-state index in [0.29, 0.717) is 26.2 Å². The van der Waals surface area contributed by atoms with E-state index in [1.54, 1.807) is 6.33 Å². The van der Waals surface area contributed by atoms with Crippen LogP contribution < -0.4 is 0 Å². The Bertz CT molecular complexity index is 870. The smallest absolute Gasteiger partial charge is 0.263 e. The molecule has 0 bridgehead atoms. The highest BCUT2D eigenvalue weighted by Gasteiger charge is 2.58. The molecule has 2 saturated heterocycles. The van der Waals surface area contributed by atoms with E-state index in [1.807, 2.05) is 40.5 Å². The predicted octanol–water partition coefficient (Wildman–Crippen LogP) is 0.900. The van der Waals surface area contributed by atoms with E-state index in [4.69, 9.17) is 4.74 Å². The van der Waals surface area contributed by atoms with Crippen LogP contribution in [0.5, 0.6) is 0 Å². The fourth-order valence-corrected chi connectivity index (χ4v) is 5.06. The van der Waals surface area contributed by atoms with E-state index in [-0.39, 0.29) is 29.8 Å². The van der Waals surface area contributed by atoms with Gasteiger partial charge in [-0.1, -0.05) is 0 Å². The van der Waals surface area contributed by atoms with Crippen molar-refractivity contribution < 1.29 is 14.3 Å². The van der Waals surface area contributed by atoms with E-state index in [2.05, 4.69) is 10.2 Å². The minimum Gasteiger partial charge on any atom is -0.375 e. The fourth-order valence-electron chi connectivity index (χ4n) is 4.22. The maximum atomic E-state index is 12.8. The first kappa shape index (κ1) is 18.1. The van der Waals surface area contributed by atoms with Crippen molar-refractivity contribution >= 4 is 23.2 Å². The standard InChI is InChI=1S/C18H23N5O3S/c1-12-4-5-14(27-12)17(25)23-9-18(10-23)8-22(15(24)7-26-3)6-13(18)16-20-19-11-21(16)2/h4-5,11,13H,6-10H2,1-3H3. The van der Waals surface area contributed by atoms with E-state index in [0.717, 1.165) is 15.6 Å². The summed E-state index contributed by atoms with van der Waals surface area (Å²) in [5.74, 6) is 0.957. The number of carbonyl (C=O) groups excluding carboxylic acids is 2. The number of likely N-dealkylation sites (tertiary alicyclic amines) is 2. The Kier molecular flexibility index (Phi) is 4.51. The van der Waals surface area contributed by atoms with Crippen LogP contribution in [0.1, 0.15) is 26.3 Å². The summed E-state index contributed by atoms with van der Waals surface area (Å²) in [6, 6.07) is 3.85. The lowest BCUT2D eigenvalue weighted by atomic mass is 9.71. The average Bonchev–Trinajstić information content (AvgIpc) is 3.30. The molecular formula is C18H23N5O3S. The lowest BCUT2D eigenvalue weighted by molar-refractivity contribution is -0.134. The minimum atomic E-state index is -0.174. The van der Waals surface area contributed by atoms with Crippen LogP contribution in [0.2, 0.25) is 0 Å². The van der Waals surface area contributed by atoms with Gasteiger partial charge in [0.15, 0.2) is 0 Å². The number of aryl methyl sites for hydroxylation is 2. The molecule has 144 valence electrons. The van der Waals surface area contributed by atoms with Crippen molar-refractivity contribution in [1.29, 1.82) is 0 Å². The van der Waals surface area contributed by atoms with Gasteiger partial charge < -0.3 is 19.1 Å². The number of nitrogens with zero attached hydrogens (tertiary/aromatic N) is 5. The Morgan fingerprint density at radius 1 is 1.30 bits per heavy atom. The van der Waals surface area contributed by atoms with Crippen LogP contribution in [0, 0.1) is 12.3 Å². The van der Waals surface area contributed by atoms with Gasteiger partial charge in [-0.15, -0.1) is 21.5 Å². The molecular weight excluding hydrogens is 366 g/mol. The fraction of sp³-hybridized carbons (Fsp3) is 0.556. The molecule has 0 radical (unpaired) electrons. The Balaban J connectivity index is 1.55. The van der Waals surface area contributed by atoms with Gasteiger partial charge in [-0.25, -0.2) is 0 Å². The summed E-state index contributed by atoms with van der Waals surface area (Å²) in [5, 5.41) is 8.30. The van der Waals surface area contributed by atoms with Crippen molar-refractivity contribution in [3.8, 4) is 0 Å². The highest BCUT2D eigenvalue weighted by molar-refractivity contribution is 7.13. The van der Waals surface area contributed by atoms with Crippen LogP contribution in [0.25, 0.3) is 0 Å². The summed E-state index contributed by atoms with van der Waals surface area (Å²) in [6.07, 6.45) is 1.68. The van der Waals surface area contributed by atoms with Crippen LogP contribution >= 0.6 is 11.3 Å². The molecule has 0 N–H and O–H groups in total. The number of aromatic nitrogens is 3. The number of carbonyl (C=O) groups is 2. The molecule has 8 nitrogen and oxygen atoms in total. The number of thiophene rings is 1. The molecule has 1 spiro atoms. The molecule has 1 unspecified atom stereocenters. The van der Waals surface area contributed by atoms with Crippen molar-refractivity contribution in [2.24, 2.45) is 12.5 Å². The predicted molar refractivity (Wildman–Crippen MR) is 99.6 cm³/mol. The molecule has 0 saturated carbocycles. The first-order valence-electron chi connectivity index (χ1n) is 8.90. The zero-order chi connectivity index (χ0) is 19.2. The average molecular weight is 389 g/mol. The van der Waals surface area contributed by atoms with Gasteiger partial charge in [0.25, 0.3) is 5.91 Å². The monoisotopic (exact) mass is 389 g/mol. The molecule has 1 atom stereocenters. The Morgan fingerprint density at radius 3 is 2.63 bits per heavy atom. The van der Waals surface area contributed by atoms with Gasteiger partial charge in [0, 0.05) is 56.5 Å². The van der Waals surface area contributed by atoms with Crippen LogP contribution in [-0.4, -0.2) is 76.3 Å². The number of amides is 2. The largest absolute Gasteiger partial charge is 0.375 e. The van der Waals surface area contributed by atoms with Crippen LogP contribution in [0.4, 0.5) is 0 Å². The van der Waals surface area contributed by atoms with E-state index in [1.165, 1.54) is 18.4 Å².